The summed E-state index contributed by atoms with van der Waals surface area (Å²) in [6.45, 7) is 11.3. The van der Waals surface area contributed by atoms with Gasteiger partial charge in [-0.05, 0) is 56.9 Å². The highest BCUT2D eigenvalue weighted by Gasteiger charge is 2.36. The van der Waals surface area contributed by atoms with E-state index < -0.39 is 0 Å². The van der Waals surface area contributed by atoms with Gasteiger partial charge in [-0.25, -0.2) is 0 Å². The van der Waals surface area contributed by atoms with Gasteiger partial charge in [0.1, 0.15) is 0 Å². The predicted molar refractivity (Wildman–Crippen MR) is 80.0 cm³/mol. The molecule has 2 rings (SSSR count). The third kappa shape index (κ3) is 1.93. The van der Waals surface area contributed by atoms with Crippen molar-refractivity contribution in [1.29, 1.82) is 0 Å². The Morgan fingerprint density at radius 1 is 0.944 bits per heavy atom. The third-order valence-corrected chi connectivity index (χ3v) is 5.21. The van der Waals surface area contributed by atoms with E-state index in [1.54, 1.807) is 0 Å². The highest BCUT2D eigenvalue weighted by Crippen LogP contribution is 2.48. The van der Waals surface area contributed by atoms with E-state index in [0.29, 0.717) is 0 Å². The second-order valence-corrected chi connectivity index (χ2v) is 6.01. The molecule has 1 aliphatic rings. The molecule has 0 atom stereocenters. The molecule has 0 saturated carbocycles. The van der Waals surface area contributed by atoms with E-state index in [1.807, 2.05) is 12.1 Å². The molecule has 1 aromatic carbocycles. The molecule has 0 aromatic heterocycles. The van der Waals surface area contributed by atoms with Crippen LogP contribution in [0.3, 0.4) is 0 Å². The van der Waals surface area contributed by atoms with E-state index in [9.17, 15) is 0 Å². The Kier molecular flexibility index (Phi) is 3.42. The van der Waals surface area contributed by atoms with Crippen LogP contribution in [0.5, 0.6) is 0 Å². The first-order chi connectivity index (χ1) is 8.38. The predicted octanol–water partition coefficient (Wildman–Crippen LogP) is 5.58. The number of allylic oxidation sites excluding steroid dienone is 4. The second kappa shape index (κ2) is 4.59. The monoisotopic (exact) mass is 260 g/mol. The zero-order chi connectivity index (χ0) is 13.5. The Bertz CT molecular complexity index is 522. The van der Waals surface area contributed by atoms with Gasteiger partial charge in [0.25, 0.3) is 0 Å². The van der Waals surface area contributed by atoms with Crippen molar-refractivity contribution >= 4 is 11.6 Å². The summed E-state index contributed by atoms with van der Waals surface area (Å²) in [5, 5.41) is 0.876. The van der Waals surface area contributed by atoms with E-state index in [1.165, 1.54) is 27.9 Å². The molecule has 0 spiro atoms. The molecule has 1 heteroatoms. The summed E-state index contributed by atoms with van der Waals surface area (Å²) in [4.78, 5) is 0. The van der Waals surface area contributed by atoms with Crippen LogP contribution in [0.2, 0.25) is 5.02 Å². The smallest absolute Gasteiger partial charge is 0.0438 e. The number of hydrogen-bond acceptors (Lipinski definition) is 0. The maximum Gasteiger partial charge on any atom is 0.0438 e. The van der Waals surface area contributed by atoms with Crippen molar-refractivity contribution in [2.75, 3.05) is 0 Å². The molecular formula is C17H21Cl. The summed E-state index contributed by atoms with van der Waals surface area (Å²) < 4.78 is 0. The van der Waals surface area contributed by atoms with Crippen molar-refractivity contribution in [2.24, 2.45) is 5.41 Å². The highest BCUT2D eigenvalue weighted by molar-refractivity contribution is 6.31. The Morgan fingerprint density at radius 2 is 1.44 bits per heavy atom. The number of hydrogen-bond donors (Lipinski definition) is 0. The fourth-order valence-corrected chi connectivity index (χ4v) is 3.16. The number of halogens is 1. The zero-order valence-electron chi connectivity index (χ0n) is 11.9. The topological polar surface area (TPSA) is 0 Å². The molecule has 0 saturated heterocycles. The van der Waals surface area contributed by atoms with E-state index >= 15 is 0 Å². The van der Waals surface area contributed by atoms with Crippen LogP contribution in [0.1, 0.15) is 40.2 Å². The van der Waals surface area contributed by atoms with E-state index in [-0.39, 0.29) is 5.41 Å². The van der Waals surface area contributed by atoms with Crippen LogP contribution < -0.4 is 0 Å². The lowest BCUT2D eigenvalue weighted by Gasteiger charge is -2.30. The second-order valence-electron chi connectivity index (χ2n) is 5.60. The fraction of sp³-hybridized carbons (Fsp3) is 0.412. The minimum atomic E-state index is 0.124. The first kappa shape index (κ1) is 13.4. The summed E-state index contributed by atoms with van der Waals surface area (Å²) in [6, 6.07) is 8.17. The highest BCUT2D eigenvalue weighted by atomic mass is 35.5. The zero-order valence-corrected chi connectivity index (χ0v) is 12.7. The first-order valence-corrected chi connectivity index (χ1v) is 6.85. The molecule has 0 radical (unpaired) electrons. The molecule has 96 valence electrons. The van der Waals surface area contributed by atoms with Crippen LogP contribution in [0, 0.1) is 5.41 Å². The van der Waals surface area contributed by atoms with Gasteiger partial charge in [-0.2, -0.15) is 0 Å². The molecule has 18 heavy (non-hydrogen) atoms. The van der Waals surface area contributed by atoms with Crippen LogP contribution >= 0.6 is 11.6 Å². The quantitative estimate of drug-likeness (QED) is 0.652. The standard InChI is InChI=1S/C17H21Cl/c1-11-12(2)14(4)17(5,13(11)3)10-15-8-6-7-9-16(15)18/h6-9H,10H2,1-5H3. The van der Waals surface area contributed by atoms with Gasteiger partial charge in [-0.3, -0.25) is 0 Å². The number of benzene rings is 1. The van der Waals surface area contributed by atoms with Crippen molar-refractivity contribution in [2.45, 2.75) is 41.0 Å². The molecule has 0 heterocycles. The summed E-state index contributed by atoms with van der Waals surface area (Å²) in [7, 11) is 0. The summed E-state index contributed by atoms with van der Waals surface area (Å²) >= 11 is 6.30. The van der Waals surface area contributed by atoms with Crippen molar-refractivity contribution < 1.29 is 0 Å². The Morgan fingerprint density at radius 3 is 1.94 bits per heavy atom. The SMILES string of the molecule is CC1=C(C)C(C)(Cc2ccccc2Cl)C(C)=C1C. The minimum Gasteiger partial charge on any atom is -0.0840 e. The van der Waals surface area contributed by atoms with Crippen LogP contribution in [-0.2, 0) is 6.42 Å². The lowest BCUT2D eigenvalue weighted by atomic mass is 9.74. The lowest BCUT2D eigenvalue weighted by Crippen LogP contribution is -2.21. The van der Waals surface area contributed by atoms with E-state index in [4.69, 9.17) is 11.6 Å². The van der Waals surface area contributed by atoms with Crippen molar-refractivity contribution in [3.05, 3.63) is 57.1 Å². The fourth-order valence-electron chi connectivity index (χ4n) is 2.96. The number of rotatable bonds is 2. The van der Waals surface area contributed by atoms with Crippen LogP contribution in [0.15, 0.2) is 46.6 Å². The van der Waals surface area contributed by atoms with Gasteiger partial charge >= 0.3 is 0 Å². The Balaban J connectivity index is 2.44. The maximum absolute atomic E-state index is 6.30. The van der Waals surface area contributed by atoms with Crippen LogP contribution in [0.25, 0.3) is 0 Å². The van der Waals surface area contributed by atoms with Crippen molar-refractivity contribution in [1.82, 2.24) is 0 Å². The van der Waals surface area contributed by atoms with Gasteiger partial charge in [-0.15, -0.1) is 0 Å². The molecule has 1 aromatic rings. The molecule has 0 unspecified atom stereocenters. The van der Waals surface area contributed by atoms with Gasteiger partial charge in [0.05, 0.1) is 0 Å². The molecule has 0 fully saturated rings. The lowest BCUT2D eigenvalue weighted by molar-refractivity contribution is 0.483. The van der Waals surface area contributed by atoms with E-state index in [2.05, 4.69) is 46.8 Å². The van der Waals surface area contributed by atoms with E-state index in [0.717, 1.165) is 11.4 Å². The Hall–Kier alpha value is -1.01. The average Bonchev–Trinajstić information content (AvgIpc) is 2.49. The third-order valence-electron chi connectivity index (χ3n) is 4.84. The molecular weight excluding hydrogens is 240 g/mol. The molecule has 0 bridgehead atoms. The van der Waals surface area contributed by atoms with Gasteiger partial charge in [-0.1, -0.05) is 47.9 Å². The van der Waals surface area contributed by atoms with Gasteiger partial charge in [0.2, 0.25) is 0 Å². The Labute approximate surface area is 115 Å². The molecule has 0 aliphatic heterocycles. The van der Waals surface area contributed by atoms with Crippen molar-refractivity contribution in [3.8, 4) is 0 Å². The summed E-state index contributed by atoms with van der Waals surface area (Å²) in [5.41, 5.74) is 7.22. The normalized spacial score (nSPS) is 18.8. The minimum absolute atomic E-state index is 0.124. The molecule has 0 nitrogen and oxygen atoms in total. The average molecular weight is 261 g/mol. The summed E-state index contributed by atoms with van der Waals surface area (Å²) in [5.74, 6) is 0. The maximum atomic E-state index is 6.30. The van der Waals surface area contributed by atoms with Gasteiger partial charge in [0, 0.05) is 10.4 Å². The molecule has 1 aliphatic carbocycles. The van der Waals surface area contributed by atoms with Gasteiger partial charge < -0.3 is 0 Å². The molecule has 0 amide bonds. The largest absolute Gasteiger partial charge is 0.0840 e. The summed E-state index contributed by atoms with van der Waals surface area (Å²) in [6.07, 6.45) is 0.985. The first-order valence-electron chi connectivity index (χ1n) is 6.47. The van der Waals surface area contributed by atoms with Gasteiger partial charge in [0.15, 0.2) is 0 Å². The molecule has 0 N–H and O–H groups in total. The van der Waals surface area contributed by atoms with Crippen molar-refractivity contribution in [3.63, 3.8) is 0 Å². The van der Waals surface area contributed by atoms with Crippen LogP contribution in [-0.4, -0.2) is 0 Å². The van der Waals surface area contributed by atoms with Crippen LogP contribution in [0.4, 0.5) is 0 Å².